The SMILES string of the molecule is Cc1ccc(SCCNC(=O)c2ccc(Cl)cc2)cc1. The summed E-state index contributed by atoms with van der Waals surface area (Å²) in [5, 5.41) is 3.53. The average Bonchev–Trinajstić information content (AvgIpc) is 2.46. The van der Waals surface area contributed by atoms with E-state index in [9.17, 15) is 4.79 Å². The summed E-state index contributed by atoms with van der Waals surface area (Å²) in [4.78, 5) is 13.1. The predicted molar refractivity (Wildman–Crippen MR) is 85.7 cm³/mol. The fourth-order valence-electron chi connectivity index (χ4n) is 1.67. The lowest BCUT2D eigenvalue weighted by atomic mass is 10.2. The molecule has 0 aliphatic rings. The minimum Gasteiger partial charge on any atom is -0.351 e. The summed E-state index contributed by atoms with van der Waals surface area (Å²) in [5.41, 5.74) is 1.89. The molecule has 0 spiro atoms. The van der Waals surface area contributed by atoms with E-state index in [-0.39, 0.29) is 5.91 Å². The van der Waals surface area contributed by atoms with E-state index >= 15 is 0 Å². The van der Waals surface area contributed by atoms with Crippen LogP contribution in [0.25, 0.3) is 0 Å². The van der Waals surface area contributed by atoms with Crippen molar-refractivity contribution < 1.29 is 4.79 Å². The van der Waals surface area contributed by atoms with Crippen LogP contribution in [0.3, 0.4) is 0 Å². The number of hydrogen-bond acceptors (Lipinski definition) is 2. The molecular formula is C16H16ClNOS. The van der Waals surface area contributed by atoms with Gasteiger partial charge in [0.2, 0.25) is 0 Å². The molecule has 2 aromatic rings. The number of carbonyl (C=O) groups is 1. The first-order valence-corrected chi connectivity index (χ1v) is 7.75. The van der Waals surface area contributed by atoms with E-state index < -0.39 is 0 Å². The summed E-state index contributed by atoms with van der Waals surface area (Å²) in [6.45, 7) is 2.71. The van der Waals surface area contributed by atoms with Crippen molar-refractivity contribution >= 4 is 29.3 Å². The Hall–Kier alpha value is -1.45. The molecule has 0 saturated carbocycles. The fraction of sp³-hybridized carbons (Fsp3) is 0.188. The van der Waals surface area contributed by atoms with Crippen molar-refractivity contribution in [3.63, 3.8) is 0 Å². The highest BCUT2D eigenvalue weighted by Crippen LogP contribution is 2.17. The summed E-state index contributed by atoms with van der Waals surface area (Å²) >= 11 is 7.52. The van der Waals surface area contributed by atoms with Crippen molar-refractivity contribution in [3.8, 4) is 0 Å². The second kappa shape index (κ2) is 7.36. The molecule has 20 heavy (non-hydrogen) atoms. The molecule has 0 aliphatic carbocycles. The normalized spacial score (nSPS) is 10.3. The average molecular weight is 306 g/mol. The van der Waals surface area contributed by atoms with Gasteiger partial charge in [0.25, 0.3) is 5.91 Å². The second-order valence-corrected chi connectivity index (χ2v) is 6.03. The lowest BCUT2D eigenvalue weighted by Crippen LogP contribution is -2.25. The Morgan fingerprint density at radius 3 is 2.40 bits per heavy atom. The number of rotatable bonds is 5. The van der Waals surface area contributed by atoms with Gasteiger partial charge in [0.05, 0.1) is 0 Å². The van der Waals surface area contributed by atoms with E-state index in [2.05, 4.69) is 36.5 Å². The Labute approximate surface area is 128 Å². The lowest BCUT2D eigenvalue weighted by Gasteiger charge is -2.05. The highest BCUT2D eigenvalue weighted by atomic mass is 35.5. The molecule has 4 heteroatoms. The van der Waals surface area contributed by atoms with E-state index in [0.29, 0.717) is 17.1 Å². The largest absolute Gasteiger partial charge is 0.351 e. The second-order valence-electron chi connectivity index (χ2n) is 4.42. The van der Waals surface area contributed by atoms with Crippen molar-refractivity contribution in [2.75, 3.05) is 12.3 Å². The van der Waals surface area contributed by atoms with Gasteiger partial charge in [-0.05, 0) is 43.3 Å². The van der Waals surface area contributed by atoms with Crippen molar-refractivity contribution in [3.05, 3.63) is 64.7 Å². The van der Waals surface area contributed by atoms with Gasteiger partial charge >= 0.3 is 0 Å². The van der Waals surface area contributed by atoms with Crippen LogP contribution in [-0.4, -0.2) is 18.2 Å². The molecule has 0 aliphatic heterocycles. The predicted octanol–water partition coefficient (Wildman–Crippen LogP) is 4.17. The van der Waals surface area contributed by atoms with Gasteiger partial charge in [0, 0.05) is 27.8 Å². The molecule has 2 nitrogen and oxygen atoms in total. The number of thioether (sulfide) groups is 1. The minimum absolute atomic E-state index is 0.0637. The zero-order valence-electron chi connectivity index (χ0n) is 11.2. The van der Waals surface area contributed by atoms with Crippen LogP contribution in [0.1, 0.15) is 15.9 Å². The monoisotopic (exact) mass is 305 g/mol. The molecule has 0 unspecified atom stereocenters. The van der Waals surface area contributed by atoms with Gasteiger partial charge in [0.15, 0.2) is 0 Å². The van der Waals surface area contributed by atoms with Crippen molar-refractivity contribution in [2.24, 2.45) is 0 Å². The number of carbonyl (C=O) groups excluding carboxylic acids is 1. The molecule has 1 amide bonds. The summed E-state index contributed by atoms with van der Waals surface area (Å²) in [6.07, 6.45) is 0. The molecule has 0 aromatic heterocycles. The summed E-state index contributed by atoms with van der Waals surface area (Å²) in [7, 11) is 0. The van der Waals surface area contributed by atoms with Gasteiger partial charge in [-0.3, -0.25) is 4.79 Å². The van der Waals surface area contributed by atoms with E-state index in [4.69, 9.17) is 11.6 Å². The number of benzene rings is 2. The van der Waals surface area contributed by atoms with Crippen LogP contribution < -0.4 is 5.32 Å². The van der Waals surface area contributed by atoms with Crippen LogP contribution in [0.4, 0.5) is 0 Å². The fourth-order valence-corrected chi connectivity index (χ4v) is 2.57. The molecular weight excluding hydrogens is 290 g/mol. The topological polar surface area (TPSA) is 29.1 Å². The van der Waals surface area contributed by atoms with E-state index in [0.717, 1.165) is 5.75 Å². The molecule has 0 bridgehead atoms. The lowest BCUT2D eigenvalue weighted by molar-refractivity contribution is 0.0956. The number of nitrogens with one attached hydrogen (secondary N) is 1. The number of hydrogen-bond donors (Lipinski definition) is 1. The molecule has 2 aromatic carbocycles. The Kier molecular flexibility index (Phi) is 5.50. The first-order valence-electron chi connectivity index (χ1n) is 6.38. The Balaban J connectivity index is 1.74. The molecule has 0 saturated heterocycles. The van der Waals surface area contributed by atoms with Gasteiger partial charge in [-0.25, -0.2) is 0 Å². The number of aryl methyl sites for hydroxylation is 1. The molecule has 2 rings (SSSR count). The van der Waals surface area contributed by atoms with Gasteiger partial charge in [-0.15, -0.1) is 11.8 Å². The van der Waals surface area contributed by atoms with Gasteiger partial charge < -0.3 is 5.32 Å². The van der Waals surface area contributed by atoms with Gasteiger partial charge in [0.1, 0.15) is 0 Å². The first kappa shape index (κ1) is 14.9. The van der Waals surface area contributed by atoms with Crippen molar-refractivity contribution in [1.29, 1.82) is 0 Å². The maximum Gasteiger partial charge on any atom is 0.251 e. The Morgan fingerprint density at radius 2 is 1.75 bits per heavy atom. The minimum atomic E-state index is -0.0637. The van der Waals surface area contributed by atoms with Crippen LogP contribution in [0.5, 0.6) is 0 Å². The Morgan fingerprint density at radius 1 is 1.10 bits per heavy atom. The maximum atomic E-state index is 11.8. The van der Waals surface area contributed by atoms with Crippen LogP contribution in [0.2, 0.25) is 5.02 Å². The summed E-state index contributed by atoms with van der Waals surface area (Å²) < 4.78 is 0. The van der Waals surface area contributed by atoms with Gasteiger partial charge in [-0.2, -0.15) is 0 Å². The smallest absolute Gasteiger partial charge is 0.251 e. The quantitative estimate of drug-likeness (QED) is 0.663. The van der Waals surface area contributed by atoms with E-state index in [1.165, 1.54) is 10.5 Å². The van der Waals surface area contributed by atoms with Crippen LogP contribution >= 0.6 is 23.4 Å². The Bertz CT molecular complexity index is 566. The van der Waals surface area contributed by atoms with E-state index in [1.807, 2.05) is 0 Å². The molecule has 0 heterocycles. The summed E-state index contributed by atoms with van der Waals surface area (Å²) in [5.74, 6) is 0.786. The molecule has 0 radical (unpaired) electrons. The molecule has 104 valence electrons. The zero-order valence-corrected chi connectivity index (χ0v) is 12.8. The molecule has 1 N–H and O–H groups in total. The maximum absolute atomic E-state index is 11.8. The highest BCUT2D eigenvalue weighted by molar-refractivity contribution is 7.99. The van der Waals surface area contributed by atoms with E-state index in [1.54, 1.807) is 36.0 Å². The van der Waals surface area contributed by atoms with Crippen LogP contribution in [0.15, 0.2) is 53.4 Å². The standard InChI is InChI=1S/C16H16ClNOS/c1-12-2-8-15(9-3-12)20-11-10-18-16(19)13-4-6-14(17)7-5-13/h2-9H,10-11H2,1H3,(H,18,19). The number of amides is 1. The summed E-state index contributed by atoms with van der Waals surface area (Å²) in [6, 6.07) is 15.3. The van der Waals surface area contributed by atoms with Crippen molar-refractivity contribution in [1.82, 2.24) is 5.32 Å². The molecule has 0 atom stereocenters. The third kappa shape index (κ3) is 4.58. The molecule has 0 fully saturated rings. The third-order valence-electron chi connectivity index (χ3n) is 2.78. The van der Waals surface area contributed by atoms with Gasteiger partial charge in [-0.1, -0.05) is 29.3 Å². The van der Waals surface area contributed by atoms with Crippen molar-refractivity contribution in [2.45, 2.75) is 11.8 Å². The zero-order chi connectivity index (χ0) is 14.4. The first-order chi connectivity index (χ1) is 9.65. The third-order valence-corrected chi connectivity index (χ3v) is 4.05. The highest BCUT2D eigenvalue weighted by Gasteiger charge is 2.04. The van der Waals surface area contributed by atoms with Crippen LogP contribution in [0, 0.1) is 6.92 Å². The van der Waals surface area contributed by atoms with Crippen LogP contribution in [-0.2, 0) is 0 Å². The number of halogens is 1.